The number of ether oxygens (including phenoxy) is 1. The molecule has 1 aromatic carbocycles. The van der Waals surface area contributed by atoms with E-state index >= 15 is 0 Å². The Morgan fingerprint density at radius 1 is 1.17 bits per heavy atom. The molecule has 0 saturated carbocycles. The van der Waals surface area contributed by atoms with Crippen molar-refractivity contribution in [2.45, 2.75) is 70.0 Å². The fourth-order valence-electron chi connectivity index (χ4n) is 5.80. The van der Waals surface area contributed by atoms with Gasteiger partial charge in [0, 0.05) is 37.3 Å². The zero-order chi connectivity index (χ0) is 26.0. The average molecular weight is 501 g/mol. The molecule has 1 unspecified atom stereocenters. The maximum Gasteiger partial charge on any atom is 0.409 e. The first-order valence-electron chi connectivity index (χ1n) is 12.6. The second kappa shape index (κ2) is 11.0. The molecule has 0 radical (unpaired) electrons. The van der Waals surface area contributed by atoms with Gasteiger partial charge in [-0.1, -0.05) is 18.2 Å². The van der Waals surface area contributed by atoms with E-state index in [-0.39, 0.29) is 47.7 Å². The van der Waals surface area contributed by atoms with Gasteiger partial charge < -0.3 is 29.7 Å². The van der Waals surface area contributed by atoms with Gasteiger partial charge in [-0.15, -0.1) is 0 Å². The van der Waals surface area contributed by atoms with Crippen LogP contribution >= 0.6 is 0 Å². The number of amides is 2. The van der Waals surface area contributed by atoms with Gasteiger partial charge in [0.2, 0.25) is 0 Å². The van der Waals surface area contributed by atoms with Gasteiger partial charge in [-0.3, -0.25) is 14.5 Å². The number of para-hydroxylation sites is 1. The molecule has 2 saturated heterocycles. The molecule has 2 aromatic rings. The largest absolute Gasteiger partial charge is 0.453 e. The number of aliphatic hydroxyl groups is 2. The Balaban J connectivity index is 1.43. The van der Waals surface area contributed by atoms with E-state index in [0.717, 1.165) is 36.6 Å². The normalized spacial score (nSPS) is 21.8. The number of nitrogens with zero attached hydrogens (tertiary/aromatic N) is 3. The first kappa shape index (κ1) is 26.1. The predicted molar refractivity (Wildman–Crippen MR) is 135 cm³/mol. The number of nitrogens with one attached hydrogen (secondary N) is 1. The smallest absolute Gasteiger partial charge is 0.409 e. The van der Waals surface area contributed by atoms with Gasteiger partial charge in [0.15, 0.2) is 6.29 Å². The molecule has 2 bridgehead atoms. The lowest BCUT2D eigenvalue weighted by atomic mass is 9.96. The van der Waals surface area contributed by atoms with E-state index in [4.69, 9.17) is 4.74 Å². The standard InChI is InChI=1S/C26H36N4O6/c1-16(2)30-22-7-5-4-6-17(22)12-21(25(30)34)24(33)27-18-13-19-8-9-20(14-18)29(19)11-10-28(15-23(31)32)26(35)36-3/h4-7,12,16,18-20,23,31-32H,8-11,13-15H2,1-3H3,(H,27,33)/t18?,19-,20+. The molecule has 196 valence electrons. The van der Waals surface area contributed by atoms with Crippen LogP contribution in [0.2, 0.25) is 0 Å². The number of piperidine rings is 1. The van der Waals surface area contributed by atoms with E-state index in [1.54, 1.807) is 10.6 Å². The Hall–Kier alpha value is -2.95. The lowest BCUT2D eigenvalue weighted by Gasteiger charge is -2.40. The van der Waals surface area contributed by atoms with Crippen molar-refractivity contribution in [1.82, 2.24) is 19.7 Å². The molecule has 10 heteroatoms. The fraction of sp³-hybridized carbons (Fsp3) is 0.577. The van der Waals surface area contributed by atoms with Crippen molar-refractivity contribution in [3.63, 3.8) is 0 Å². The number of benzene rings is 1. The number of pyridine rings is 1. The maximum atomic E-state index is 13.2. The van der Waals surface area contributed by atoms with Crippen molar-refractivity contribution in [1.29, 1.82) is 0 Å². The third kappa shape index (κ3) is 5.40. The lowest BCUT2D eigenvalue weighted by Crippen LogP contribution is -2.53. The molecule has 36 heavy (non-hydrogen) atoms. The van der Waals surface area contributed by atoms with E-state index < -0.39 is 12.4 Å². The first-order valence-corrected chi connectivity index (χ1v) is 12.6. The highest BCUT2D eigenvalue weighted by Crippen LogP contribution is 2.35. The molecular formula is C26H36N4O6. The highest BCUT2D eigenvalue weighted by Gasteiger charge is 2.41. The predicted octanol–water partition coefficient (Wildman–Crippen LogP) is 1.69. The number of carbonyl (C=O) groups is 2. The van der Waals surface area contributed by atoms with Crippen LogP contribution in [0.3, 0.4) is 0 Å². The van der Waals surface area contributed by atoms with Gasteiger partial charge in [0.05, 0.1) is 19.2 Å². The maximum absolute atomic E-state index is 13.2. The Morgan fingerprint density at radius 3 is 2.44 bits per heavy atom. The summed E-state index contributed by atoms with van der Waals surface area (Å²) >= 11 is 0. The van der Waals surface area contributed by atoms with E-state index in [1.165, 1.54) is 12.0 Å². The minimum Gasteiger partial charge on any atom is -0.453 e. The van der Waals surface area contributed by atoms with Crippen LogP contribution in [0.4, 0.5) is 4.79 Å². The Kier molecular flexibility index (Phi) is 7.97. The Bertz CT molecular complexity index is 1150. The molecule has 1 aromatic heterocycles. The van der Waals surface area contributed by atoms with Crippen molar-refractivity contribution in [2.75, 3.05) is 26.7 Å². The molecule has 4 rings (SSSR count). The zero-order valence-electron chi connectivity index (χ0n) is 21.1. The number of hydrogen-bond acceptors (Lipinski definition) is 7. The zero-order valence-corrected chi connectivity index (χ0v) is 21.1. The molecule has 10 nitrogen and oxygen atoms in total. The topological polar surface area (TPSA) is 124 Å². The molecule has 3 atom stereocenters. The van der Waals surface area contributed by atoms with E-state index in [1.807, 2.05) is 38.1 Å². The Labute approximate surface area is 210 Å². The number of hydrogen-bond donors (Lipinski definition) is 3. The lowest BCUT2D eigenvalue weighted by molar-refractivity contribution is -0.0599. The molecular weight excluding hydrogens is 464 g/mol. The number of aromatic nitrogens is 1. The first-order chi connectivity index (χ1) is 17.2. The number of fused-ring (bicyclic) bond motifs is 3. The Morgan fingerprint density at radius 2 is 1.83 bits per heavy atom. The van der Waals surface area contributed by atoms with Gasteiger partial charge in [0.25, 0.3) is 11.5 Å². The van der Waals surface area contributed by atoms with Crippen LogP contribution in [-0.2, 0) is 4.74 Å². The summed E-state index contributed by atoms with van der Waals surface area (Å²) in [4.78, 5) is 42.1. The van der Waals surface area contributed by atoms with E-state index in [0.29, 0.717) is 13.1 Å². The fourth-order valence-corrected chi connectivity index (χ4v) is 5.80. The van der Waals surface area contributed by atoms with Crippen molar-refractivity contribution in [2.24, 2.45) is 0 Å². The number of carbonyl (C=O) groups excluding carboxylic acids is 2. The van der Waals surface area contributed by atoms with Gasteiger partial charge in [-0.2, -0.15) is 0 Å². The number of rotatable bonds is 8. The van der Waals surface area contributed by atoms with Crippen molar-refractivity contribution in [3.8, 4) is 0 Å². The minimum atomic E-state index is -1.63. The molecule has 3 heterocycles. The number of methoxy groups -OCH3 is 1. The number of aliphatic hydroxyl groups excluding tert-OH is 1. The minimum absolute atomic E-state index is 0.0411. The third-order valence-electron chi connectivity index (χ3n) is 7.37. The van der Waals surface area contributed by atoms with Crippen LogP contribution in [0.1, 0.15) is 55.9 Å². The summed E-state index contributed by atoms with van der Waals surface area (Å²) in [6, 6.07) is 9.66. The molecule has 0 spiro atoms. The molecule has 2 aliphatic rings. The molecule has 2 amide bonds. The molecule has 0 aliphatic carbocycles. The SMILES string of the molecule is COC(=O)N(CCN1[C@@H]2CC[C@H]1CC(NC(=O)c1cc3ccccc3n(C(C)C)c1=O)C2)CC(O)O. The molecule has 2 fully saturated rings. The van der Waals surface area contributed by atoms with Crippen molar-refractivity contribution >= 4 is 22.9 Å². The van der Waals surface area contributed by atoms with E-state index in [2.05, 4.69) is 10.2 Å². The highest BCUT2D eigenvalue weighted by molar-refractivity contribution is 5.97. The highest BCUT2D eigenvalue weighted by atomic mass is 16.5. The summed E-state index contributed by atoms with van der Waals surface area (Å²) in [5.41, 5.74) is 0.694. The van der Waals surface area contributed by atoms with Crippen LogP contribution in [0, 0.1) is 0 Å². The second-order valence-electron chi connectivity index (χ2n) is 10.0. The molecule has 2 aliphatic heterocycles. The van der Waals surface area contributed by atoms with Crippen LogP contribution < -0.4 is 10.9 Å². The summed E-state index contributed by atoms with van der Waals surface area (Å²) in [6.45, 7) is 4.56. The van der Waals surface area contributed by atoms with Crippen LogP contribution in [0.15, 0.2) is 35.1 Å². The van der Waals surface area contributed by atoms with Gasteiger partial charge in [-0.05, 0) is 57.0 Å². The van der Waals surface area contributed by atoms with Crippen molar-refractivity contribution < 1.29 is 24.5 Å². The van der Waals surface area contributed by atoms with Crippen LogP contribution in [0.25, 0.3) is 10.9 Å². The summed E-state index contributed by atoms with van der Waals surface area (Å²) in [7, 11) is 1.27. The van der Waals surface area contributed by atoms with E-state index in [9.17, 15) is 24.6 Å². The summed E-state index contributed by atoms with van der Waals surface area (Å²) in [5.74, 6) is -0.341. The van der Waals surface area contributed by atoms with Crippen LogP contribution in [-0.4, -0.2) is 87.7 Å². The average Bonchev–Trinajstić information content (AvgIpc) is 3.07. The quantitative estimate of drug-likeness (QED) is 0.471. The van der Waals surface area contributed by atoms with Gasteiger partial charge >= 0.3 is 6.09 Å². The molecule has 3 N–H and O–H groups in total. The van der Waals surface area contributed by atoms with Gasteiger partial charge in [0.1, 0.15) is 5.56 Å². The summed E-state index contributed by atoms with van der Waals surface area (Å²) < 4.78 is 6.43. The third-order valence-corrected chi connectivity index (χ3v) is 7.37. The second-order valence-corrected chi connectivity index (χ2v) is 10.0. The summed E-state index contributed by atoms with van der Waals surface area (Å²) in [5, 5.41) is 22.5. The van der Waals surface area contributed by atoms with Gasteiger partial charge in [-0.25, -0.2) is 4.79 Å². The van der Waals surface area contributed by atoms with Crippen molar-refractivity contribution in [3.05, 3.63) is 46.2 Å². The summed E-state index contributed by atoms with van der Waals surface area (Å²) in [6.07, 6.45) is 1.28. The monoisotopic (exact) mass is 500 g/mol. The van der Waals surface area contributed by atoms with Crippen LogP contribution in [0.5, 0.6) is 0 Å².